The smallest absolute Gasteiger partial charge is 0.170 e. The van der Waals surface area contributed by atoms with Crippen LogP contribution in [0.25, 0.3) is 0 Å². The number of rotatable bonds is 1. The molecule has 1 unspecified atom stereocenters. The van der Waals surface area contributed by atoms with Crippen LogP contribution in [0.1, 0.15) is 0 Å². The van der Waals surface area contributed by atoms with Gasteiger partial charge in [0.15, 0.2) is 5.78 Å². The molecule has 0 aromatic heterocycles. The van der Waals surface area contributed by atoms with E-state index in [9.17, 15) is 9.18 Å². The number of nitriles is 1. The van der Waals surface area contributed by atoms with Gasteiger partial charge in [-0.25, -0.2) is 4.39 Å². The Morgan fingerprint density at radius 1 is 1.47 bits per heavy atom. The van der Waals surface area contributed by atoms with Crippen molar-refractivity contribution >= 4 is 11.5 Å². The van der Waals surface area contributed by atoms with Crippen LogP contribution in [0.15, 0.2) is 24.3 Å². The molecule has 4 heteroatoms. The Bertz CT molecular complexity index is 438. The van der Waals surface area contributed by atoms with Crippen LogP contribution in [-0.2, 0) is 4.79 Å². The van der Waals surface area contributed by atoms with Gasteiger partial charge in [0.25, 0.3) is 0 Å². The third kappa shape index (κ3) is 1.68. The van der Waals surface area contributed by atoms with Crippen LogP contribution in [0.2, 0.25) is 0 Å². The zero-order chi connectivity index (χ0) is 10.8. The summed E-state index contributed by atoms with van der Waals surface area (Å²) < 4.78 is 13.4. The van der Waals surface area contributed by atoms with Gasteiger partial charge >= 0.3 is 0 Å². The van der Waals surface area contributed by atoms with Crippen LogP contribution in [0, 0.1) is 23.1 Å². The van der Waals surface area contributed by atoms with Crippen molar-refractivity contribution in [3.05, 3.63) is 30.1 Å². The van der Waals surface area contributed by atoms with Crippen molar-refractivity contribution in [2.45, 2.75) is 0 Å². The van der Waals surface area contributed by atoms with E-state index in [1.807, 2.05) is 6.07 Å². The van der Waals surface area contributed by atoms with Gasteiger partial charge in [0.05, 0.1) is 18.3 Å². The fourth-order valence-electron chi connectivity index (χ4n) is 1.69. The maximum absolute atomic E-state index is 13.4. The molecule has 1 saturated heterocycles. The normalized spacial score (nSPS) is 20.4. The fraction of sp³-hybridized carbons (Fsp3) is 0.273. The summed E-state index contributed by atoms with van der Waals surface area (Å²) in [5, 5.41) is 8.68. The van der Waals surface area contributed by atoms with E-state index in [0.29, 0.717) is 5.69 Å². The lowest BCUT2D eigenvalue weighted by Gasteiger charge is -2.16. The van der Waals surface area contributed by atoms with Crippen molar-refractivity contribution in [3.63, 3.8) is 0 Å². The van der Waals surface area contributed by atoms with Crippen LogP contribution in [0.4, 0.5) is 10.1 Å². The van der Waals surface area contributed by atoms with E-state index in [2.05, 4.69) is 0 Å². The lowest BCUT2D eigenvalue weighted by Crippen LogP contribution is -2.20. The number of hydrogen-bond donors (Lipinski definition) is 0. The minimum atomic E-state index is -0.621. The number of para-hydroxylation sites is 1. The molecule has 1 aromatic rings. The van der Waals surface area contributed by atoms with Gasteiger partial charge in [-0.15, -0.1) is 0 Å². The molecule has 3 nitrogen and oxygen atoms in total. The summed E-state index contributed by atoms with van der Waals surface area (Å²) in [6, 6.07) is 8.19. The van der Waals surface area contributed by atoms with Crippen molar-refractivity contribution in [3.8, 4) is 6.07 Å². The Labute approximate surface area is 86.7 Å². The van der Waals surface area contributed by atoms with Crippen molar-refractivity contribution in [2.24, 2.45) is 5.92 Å². The molecule has 1 heterocycles. The van der Waals surface area contributed by atoms with Crippen LogP contribution < -0.4 is 4.90 Å². The molecule has 0 radical (unpaired) electrons. The lowest BCUT2D eigenvalue weighted by molar-refractivity contribution is -0.118. The monoisotopic (exact) mass is 204 g/mol. The van der Waals surface area contributed by atoms with Gasteiger partial charge in [-0.05, 0) is 12.1 Å². The predicted octanol–water partition coefficient (Wildman–Crippen LogP) is 1.35. The molecule has 15 heavy (non-hydrogen) atoms. The summed E-state index contributed by atoms with van der Waals surface area (Å²) in [5.41, 5.74) is 0.392. The molecule has 1 fully saturated rings. The van der Waals surface area contributed by atoms with Crippen molar-refractivity contribution in [1.82, 2.24) is 0 Å². The minimum Gasteiger partial charge on any atom is -0.360 e. The zero-order valence-electron chi connectivity index (χ0n) is 7.98. The number of ketones is 1. The highest BCUT2D eigenvalue weighted by atomic mass is 19.1. The number of carbonyl (C=O) groups excluding carboxylic acids is 1. The van der Waals surface area contributed by atoms with Crippen LogP contribution in [0.5, 0.6) is 0 Å². The first-order valence-corrected chi connectivity index (χ1v) is 4.64. The Balaban J connectivity index is 2.25. The van der Waals surface area contributed by atoms with Crippen molar-refractivity contribution in [1.29, 1.82) is 5.26 Å². The molecule has 1 atom stereocenters. The standard InChI is InChI=1S/C11H9FN2O/c12-9-3-1-2-4-10(9)14-6-8(5-13)11(15)7-14/h1-4,8H,6-7H2. The molecule has 0 amide bonds. The first-order chi connectivity index (χ1) is 7.22. The summed E-state index contributed by atoms with van der Waals surface area (Å²) in [7, 11) is 0. The van der Waals surface area contributed by atoms with Crippen LogP contribution in [0.3, 0.4) is 0 Å². The van der Waals surface area contributed by atoms with Gasteiger partial charge in [-0.3, -0.25) is 4.79 Å². The van der Waals surface area contributed by atoms with E-state index in [4.69, 9.17) is 5.26 Å². The molecule has 1 aromatic carbocycles. The Kier molecular flexibility index (Phi) is 2.38. The van der Waals surface area contributed by atoms with Crippen LogP contribution in [-0.4, -0.2) is 18.9 Å². The first-order valence-electron chi connectivity index (χ1n) is 4.64. The Morgan fingerprint density at radius 3 is 2.80 bits per heavy atom. The van der Waals surface area contributed by atoms with E-state index in [1.165, 1.54) is 6.07 Å². The van der Waals surface area contributed by atoms with Gasteiger partial charge < -0.3 is 4.90 Å². The second-order valence-electron chi connectivity index (χ2n) is 3.48. The quantitative estimate of drug-likeness (QED) is 0.693. The topological polar surface area (TPSA) is 44.1 Å². The van der Waals surface area contributed by atoms with Gasteiger partial charge in [0.1, 0.15) is 11.7 Å². The molecule has 0 N–H and O–H groups in total. The Hall–Kier alpha value is -1.89. The SMILES string of the molecule is N#CC1CN(c2ccccc2F)CC1=O. The summed E-state index contributed by atoms with van der Waals surface area (Å²) in [5.74, 6) is -1.12. The molecule has 0 aliphatic carbocycles. The van der Waals surface area contributed by atoms with E-state index >= 15 is 0 Å². The number of nitrogens with zero attached hydrogens (tertiary/aromatic N) is 2. The summed E-state index contributed by atoms with van der Waals surface area (Å²) >= 11 is 0. The third-order valence-electron chi connectivity index (χ3n) is 2.49. The molecular weight excluding hydrogens is 195 g/mol. The second-order valence-corrected chi connectivity index (χ2v) is 3.48. The van der Waals surface area contributed by atoms with Crippen molar-refractivity contribution in [2.75, 3.05) is 18.0 Å². The molecule has 0 saturated carbocycles. The van der Waals surface area contributed by atoms with E-state index in [0.717, 1.165) is 0 Å². The molecule has 1 aliphatic heterocycles. The number of benzene rings is 1. The summed E-state index contributed by atoms with van der Waals surface area (Å²) in [4.78, 5) is 12.9. The van der Waals surface area contributed by atoms with Crippen molar-refractivity contribution < 1.29 is 9.18 Å². The Morgan fingerprint density at radius 2 is 2.20 bits per heavy atom. The van der Waals surface area contributed by atoms with E-state index < -0.39 is 5.92 Å². The minimum absolute atomic E-state index is 0.124. The largest absolute Gasteiger partial charge is 0.360 e. The van der Waals surface area contributed by atoms with Gasteiger partial charge in [0.2, 0.25) is 0 Å². The fourth-order valence-corrected chi connectivity index (χ4v) is 1.69. The average molecular weight is 204 g/mol. The summed E-state index contributed by atoms with van der Waals surface area (Å²) in [6.07, 6.45) is 0. The van der Waals surface area contributed by atoms with E-state index in [-0.39, 0.29) is 24.7 Å². The van der Waals surface area contributed by atoms with Gasteiger partial charge in [-0.2, -0.15) is 5.26 Å². The molecular formula is C11H9FN2O. The van der Waals surface area contributed by atoms with Gasteiger partial charge in [-0.1, -0.05) is 12.1 Å². The number of hydrogen-bond acceptors (Lipinski definition) is 3. The van der Waals surface area contributed by atoms with E-state index in [1.54, 1.807) is 23.1 Å². The number of anilines is 1. The number of halogens is 1. The molecule has 0 spiro atoms. The second kappa shape index (κ2) is 3.70. The molecule has 0 bridgehead atoms. The molecule has 76 valence electrons. The third-order valence-corrected chi connectivity index (χ3v) is 2.49. The number of Topliss-reactive ketones (excluding diaryl/α,β-unsaturated/α-hetero) is 1. The van der Waals surface area contributed by atoms with Crippen LogP contribution >= 0.6 is 0 Å². The maximum Gasteiger partial charge on any atom is 0.170 e. The molecule has 2 rings (SSSR count). The molecule has 1 aliphatic rings. The predicted molar refractivity (Wildman–Crippen MR) is 52.7 cm³/mol. The summed E-state index contributed by atoms with van der Waals surface area (Å²) in [6.45, 7) is 0.412. The highest BCUT2D eigenvalue weighted by molar-refractivity contribution is 5.91. The van der Waals surface area contributed by atoms with Gasteiger partial charge in [0, 0.05) is 6.54 Å². The maximum atomic E-state index is 13.4. The first kappa shape index (κ1) is 9.66. The average Bonchev–Trinajstić information content (AvgIpc) is 2.60. The zero-order valence-corrected chi connectivity index (χ0v) is 7.98. The number of carbonyl (C=O) groups is 1. The lowest BCUT2D eigenvalue weighted by atomic mass is 10.1. The highest BCUT2D eigenvalue weighted by Crippen LogP contribution is 2.23. The highest BCUT2D eigenvalue weighted by Gasteiger charge is 2.31.